The summed E-state index contributed by atoms with van der Waals surface area (Å²) in [5.41, 5.74) is 5.24. The molecule has 1 aliphatic rings. The number of hydrogen-bond acceptors (Lipinski definition) is 3. The predicted molar refractivity (Wildman–Crippen MR) is 61.7 cm³/mol. The summed E-state index contributed by atoms with van der Waals surface area (Å²) in [6.45, 7) is 2.21. The summed E-state index contributed by atoms with van der Waals surface area (Å²) in [6.07, 6.45) is 2.88. The van der Waals surface area contributed by atoms with E-state index < -0.39 is 0 Å². The van der Waals surface area contributed by atoms with Crippen LogP contribution in [0.4, 0.5) is 0 Å². The summed E-state index contributed by atoms with van der Waals surface area (Å²) in [4.78, 5) is 24.5. The number of amides is 2. The third-order valence-corrected chi connectivity index (χ3v) is 3.07. The Hall–Kier alpha value is -1.10. The normalized spacial score (nSPS) is 17.4. The van der Waals surface area contributed by atoms with Crippen LogP contribution in [0.5, 0.6) is 0 Å². The van der Waals surface area contributed by atoms with E-state index in [1.165, 1.54) is 0 Å². The zero-order valence-corrected chi connectivity index (χ0v) is 9.87. The van der Waals surface area contributed by atoms with E-state index in [1.54, 1.807) is 0 Å². The molecule has 0 bridgehead atoms. The lowest BCUT2D eigenvalue weighted by Gasteiger charge is -2.30. The smallest absolute Gasteiger partial charge is 0.222 e. The molecule has 92 valence electrons. The van der Waals surface area contributed by atoms with Gasteiger partial charge in [-0.2, -0.15) is 0 Å². The standard InChI is InChI=1S/C11H21N3O2/c1-13-6-2-3-10(15)14-7-4-9(5-8-14)11(12)16/h9,13H,2-8H2,1H3,(H2,12,16). The summed E-state index contributed by atoms with van der Waals surface area (Å²) >= 11 is 0. The molecule has 2 amide bonds. The number of nitrogens with one attached hydrogen (secondary N) is 1. The molecule has 0 aromatic carbocycles. The number of carbonyl (C=O) groups excluding carboxylic acids is 2. The maximum absolute atomic E-state index is 11.7. The van der Waals surface area contributed by atoms with Crippen molar-refractivity contribution in [3.8, 4) is 0 Å². The Bertz CT molecular complexity index is 248. The van der Waals surface area contributed by atoms with E-state index in [0.29, 0.717) is 32.4 Å². The third-order valence-electron chi connectivity index (χ3n) is 3.07. The molecular formula is C11H21N3O2. The van der Waals surface area contributed by atoms with Gasteiger partial charge in [0.15, 0.2) is 0 Å². The third kappa shape index (κ3) is 3.81. The molecule has 5 heteroatoms. The van der Waals surface area contributed by atoms with Gasteiger partial charge in [0, 0.05) is 25.4 Å². The Morgan fingerprint density at radius 2 is 2.00 bits per heavy atom. The predicted octanol–water partition coefficient (Wildman–Crippen LogP) is -0.290. The molecule has 1 heterocycles. The van der Waals surface area contributed by atoms with E-state index in [0.717, 1.165) is 13.0 Å². The average Bonchev–Trinajstić information content (AvgIpc) is 2.29. The molecule has 0 atom stereocenters. The lowest BCUT2D eigenvalue weighted by Crippen LogP contribution is -2.41. The van der Waals surface area contributed by atoms with Crippen LogP contribution in [0.3, 0.4) is 0 Å². The molecule has 0 unspecified atom stereocenters. The van der Waals surface area contributed by atoms with Crippen LogP contribution < -0.4 is 11.1 Å². The molecule has 1 aliphatic heterocycles. The van der Waals surface area contributed by atoms with Crippen molar-refractivity contribution in [1.29, 1.82) is 0 Å². The van der Waals surface area contributed by atoms with Gasteiger partial charge < -0.3 is 16.0 Å². The molecule has 0 saturated carbocycles. The molecular weight excluding hydrogens is 206 g/mol. The van der Waals surface area contributed by atoms with Crippen molar-refractivity contribution >= 4 is 11.8 Å². The first-order valence-electron chi connectivity index (χ1n) is 5.87. The summed E-state index contributed by atoms with van der Waals surface area (Å²) in [5.74, 6) is -0.0817. The molecule has 0 aromatic rings. The van der Waals surface area contributed by atoms with Crippen molar-refractivity contribution in [1.82, 2.24) is 10.2 Å². The second kappa shape index (κ2) is 6.48. The van der Waals surface area contributed by atoms with Crippen LogP contribution in [0.25, 0.3) is 0 Å². The summed E-state index contributed by atoms with van der Waals surface area (Å²) in [6, 6.07) is 0. The van der Waals surface area contributed by atoms with Crippen LogP contribution in [0.1, 0.15) is 25.7 Å². The monoisotopic (exact) mass is 227 g/mol. The highest BCUT2D eigenvalue weighted by Crippen LogP contribution is 2.17. The minimum atomic E-state index is -0.234. The topological polar surface area (TPSA) is 75.4 Å². The highest BCUT2D eigenvalue weighted by molar-refractivity contribution is 5.78. The lowest BCUT2D eigenvalue weighted by atomic mass is 9.96. The number of nitrogens with zero attached hydrogens (tertiary/aromatic N) is 1. The van der Waals surface area contributed by atoms with E-state index in [9.17, 15) is 9.59 Å². The minimum Gasteiger partial charge on any atom is -0.369 e. The number of carbonyl (C=O) groups is 2. The van der Waals surface area contributed by atoms with Gasteiger partial charge in [-0.3, -0.25) is 9.59 Å². The van der Waals surface area contributed by atoms with Gasteiger partial charge in [0.2, 0.25) is 11.8 Å². The zero-order chi connectivity index (χ0) is 12.0. The number of likely N-dealkylation sites (tertiary alicyclic amines) is 1. The van der Waals surface area contributed by atoms with Crippen LogP contribution in [0.15, 0.2) is 0 Å². The number of piperidine rings is 1. The quantitative estimate of drug-likeness (QED) is 0.634. The average molecular weight is 227 g/mol. The Kier molecular flexibility index (Phi) is 5.25. The van der Waals surface area contributed by atoms with Crippen molar-refractivity contribution in [3.05, 3.63) is 0 Å². The molecule has 0 radical (unpaired) electrons. The number of nitrogens with two attached hydrogens (primary N) is 1. The fraction of sp³-hybridized carbons (Fsp3) is 0.818. The largest absolute Gasteiger partial charge is 0.369 e. The summed E-state index contributed by atoms with van der Waals surface area (Å²) < 4.78 is 0. The molecule has 5 nitrogen and oxygen atoms in total. The summed E-state index contributed by atoms with van der Waals surface area (Å²) in [5, 5.41) is 3.02. The number of hydrogen-bond donors (Lipinski definition) is 2. The number of rotatable bonds is 5. The highest BCUT2D eigenvalue weighted by Gasteiger charge is 2.25. The Morgan fingerprint density at radius 1 is 1.38 bits per heavy atom. The van der Waals surface area contributed by atoms with Crippen LogP contribution >= 0.6 is 0 Å². The van der Waals surface area contributed by atoms with Gasteiger partial charge in [-0.15, -0.1) is 0 Å². The first kappa shape index (κ1) is 13.0. The van der Waals surface area contributed by atoms with Crippen molar-refractivity contribution in [2.75, 3.05) is 26.7 Å². The molecule has 0 aliphatic carbocycles. The second-order valence-corrected chi connectivity index (χ2v) is 4.26. The van der Waals surface area contributed by atoms with Crippen molar-refractivity contribution in [3.63, 3.8) is 0 Å². The van der Waals surface area contributed by atoms with Gasteiger partial charge >= 0.3 is 0 Å². The van der Waals surface area contributed by atoms with E-state index >= 15 is 0 Å². The Morgan fingerprint density at radius 3 is 2.50 bits per heavy atom. The van der Waals surface area contributed by atoms with Crippen molar-refractivity contribution in [2.45, 2.75) is 25.7 Å². The van der Waals surface area contributed by atoms with Crippen LogP contribution in [-0.2, 0) is 9.59 Å². The van der Waals surface area contributed by atoms with Gasteiger partial charge in [-0.25, -0.2) is 0 Å². The summed E-state index contributed by atoms with van der Waals surface area (Å²) in [7, 11) is 1.88. The van der Waals surface area contributed by atoms with Crippen LogP contribution in [0.2, 0.25) is 0 Å². The fourth-order valence-corrected chi connectivity index (χ4v) is 1.99. The van der Waals surface area contributed by atoms with E-state index in [2.05, 4.69) is 5.32 Å². The zero-order valence-electron chi connectivity index (χ0n) is 9.87. The number of primary amides is 1. The molecule has 1 saturated heterocycles. The van der Waals surface area contributed by atoms with E-state index in [-0.39, 0.29) is 17.7 Å². The maximum Gasteiger partial charge on any atom is 0.222 e. The highest BCUT2D eigenvalue weighted by atomic mass is 16.2. The molecule has 0 spiro atoms. The lowest BCUT2D eigenvalue weighted by molar-refractivity contribution is -0.134. The van der Waals surface area contributed by atoms with Gasteiger partial charge in [0.1, 0.15) is 0 Å². The van der Waals surface area contributed by atoms with Gasteiger partial charge in [0.25, 0.3) is 0 Å². The molecule has 1 rings (SSSR count). The second-order valence-electron chi connectivity index (χ2n) is 4.26. The molecule has 0 aromatic heterocycles. The van der Waals surface area contributed by atoms with E-state index in [4.69, 9.17) is 5.73 Å². The minimum absolute atomic E-state index is 0.0404. The van der Waals surface area contributed by atoms with Gasteiger partial charge in [-0.1, -0.05) is 0 Å². The first-order valence-corrected chi connectivity index (χ1v) is 5.87. The first-order chi connectivity index (χ1) is 7.65. The fourth-order valence-electron chi connectivity index (χ4n) is 1.99. The Balaban J connectivity index is 2.25. The van der Waals surface area contributed by atoms with Gasteiger partial charge in [0.05, 0.1) is 0 Å². The molecule has 16 heavy (non-hydrogen) atoms. The van der Waals surface area contributed by atoms with E-state index in [1.807, 2.05) is 11.9 Å². The molecule has 3 N–H and O–H groups in total. The van der Waals surface area contributed by atoms with Crippen LogP contribution in [0, 0.1) is 5.92 Å². The van der Waals surface area contributed by atoms with Gasteiger partial charge in [-0.05, 0) is 32.9 Å². The SMILES string of the molecule is CNCCCC(=O)N1CCC(C(N)=O)CC1. The van der Waals surface area contributed by atoms with Crippen LogP contribution in [-0.4, -0.2) is 43.4 Å². The molecule has 1 fully saturated rings. The van der Waals surface area contributed by atoms with Crippen molar-refractivity contribution < 1.29 is 9.59 Å². The Labute approximate surface area is 96.4 Å². The maximum atomic E-state index is 11.7. The van der Waals surface area contributed by atoms with Crippen molar-refractivity contribution in [2.24, 2.45) is 11.7 Å².